The number of nitrogens with two attached hydrogens (primary N) is 1. The van der Waals surface area contributed by atoms with E-state index in [-0.39, 0.29) is 6.79 Å². The van der Waals surface area contributed by atoms with Crippen LogP contribution in [-0.4, -0.2) is 13.9 Å². The number of anilines is 3. The third kappa shape index (κ3) is 4.32. The largest absolute Gasteiger partial charge is 0.465 e. The average molecular weight is 497 g/mol. The lowest BCUT2D eigenvalue weighted by Crippen LogP contribution is -2.05. The van der Waals surface area contributed by atoms with Gasteiger partial charge in [-0.1, -0.05) is 103 Å². The lowest BCUT2D eigenvalue weighted by Gasteiger charge is -2.23. The number of para-hydroxylation sites is 2. The van der Waals surface area contributed by atoms with Gasteiger partial charge in [0, 0.05) is 18.2 Å². The topological polar surface area (TPSA) is 56.5 Å². The SMILES string of the molecule is COCOc1c(Nc2ccccc2N)cc2ccccc2c1-c1c(-c2ccccc2)ccc2ccccc12. The minimum absolute atomic E-state index is 0.107. The highest BCUT2D eigenvalue weighted by Gasteiger charge is 2.22. The van der Waals surface area contributed by atoms with E-state index < -0.39 is 0 Å². The van der Waals surface area contributed by atoms with Crippen LogP contribution in [0.15, 0.2) is 121 Å². The monoisotopic (exact) mass is 496 g/mol. The lowest BCUT2D eigenvalue weighted by molar-refractivity contribution is 0.0521. The predicted molar refractivity (Wildman–Crippen MR) is 159 cm³/mol. The summed E-state index contributed by atoms with van der Waals surface area (Å²) in [4.78, 5) is 0. The zero-order valence-electron chi connectivity index (χ0n) is 21.1. The molecule has 0 aliphatic rings. The summed E-state index contributed by atoms with van der Waals surface area (Å²) < 4.78 is 11.8. The number of ether oxygens (including phenoxy) is 2. The Morgan fingerprint density at radius 3 is 2.05 bits per heavy atom. The Labute approximate surface area is 222 Å². The van der Waals surface area contributed by atoms with Crippen molar-refractivity contribution in [2.45, 2.75) is 0 Å². The van der Waals surface area contributed by atoms with E-state index in [4.69, 9.17) is 15.2 Å². The van der Waals surface area contributed by atoms with E-state index in [9.17, 15) is 0 Å². The number of hydrogen-bond acceptors (Lipinski definition) is 4. The van der Waals surface area contributed by atoms with Gasteiger partial charge in [0.05, 0.1) is 17.1 Å². The van der Waals surface area contributed by atoms with Crippen LogP contribution in [0, 0.1) is 0 Å². The second-order valence-corrected chi connectivity index (χ2v) is 9.19. The van der Waals surface area contributed by atoms with Crippen molar-refractivity contribution in [3.05, 3.63) is 121 Å². The summed E-state index contributed by atoms with van der Waals surface area (Å²) in [6.45, 7) is 0.107. The average Bonchev–Trinajstić information content (AvgIpc) is 2.97. The molecule has 0 amide bonds. The normalized spacial score (nSPS) is 11.1. The van der Waals surface area contributed by atoms with Gasteiger partial charge in [-0.2, -0.15) is 0 Å². The molecular formula is C34H28N2O2. The molecule has 3 N–H and O–H groups in total. The number of methoxy groups -OCH3 is 1. The molecule has 0 saturated heterocycles. The zero-order valence-corrected chi connectivity index (χ0v) is 21.1. The summed E-state index contributed by atoms with van der Waals surface area (Å²) in [5, 5.41) is 8.06. The highest BCUT2D eigenvalue weighted by molar-refractivity contribution is 6.14. The van der Waals surface area contributed by atoms with Crippen molar-refractivity contribution in [1.82, 2.24) is 0 Å². The molecule has 4 heteroatoms. The van der Waals surface area contributed by atoms with Gasteiger partial charge in [0.15, 0.2) is 12.5 Å². The van der Waals surface area contributed by atoms with E-state index in [0.717, 1.165) is 55.2 Å². The Bertz CT molecular complexity index is 1750. The number of nitrogen functional groups attached to an aromatic ring is 1. The van der Waals surface area contributed by atoms with Gasteiger partial charge in [-0.3, -0.25) is 0 Å². The van der Waals surface area contributed by atoms with Crippen molar-refractivity contribution < 1.29 is 9.47 Å². The quantitative estimate of drug-likeness (QED) is 0.172. The molecular weight excluding hydrogens is 468 g/mol. The van der Waals surface area contributed by atoms with E-state index >= 15 is 0 Å². The van der Waals surface area contributed by atoms with E-state index in [2.05, 4.69) is 96.3 Å². The van der Waals surface area contributed by atoms with E-state index in [1.807, 2.05) is 30.3 Å². The molecule has 0 bridgehead atoms. The molecule has 6 rings (SSSR count). The number of fused-ring (bicyclic) bond motifs is 2. The summed E-state index contributed by atoms with van der Waals surface area (Å²) in [6, 6.07) is 41.7. The van der Waals surface area contributed by atoms with Crippen LogP contribution in [-0.2, 0) is 4.74 Å². The molecule has 186 valence electrons. The third-order valence-corrected chi connectivity index (χ3v) is 6.82. The second-order valence-electron chi connectivity index (χ2n) is 9.19. The van der Waals surface area contributed by atoms with Gasteiger partial charge in [-0.25, -0.2) is 0 Å². The first-order valence-corrected chi connectivity index (χ1v) is 12.6. The summed E-state index contributed by atoms with van der Waals surface area (Å²) in [7, 11) is 1.64. The van der Waals surface area contributed by atoms with Gasteiger partial charge < -0.3 is 20.5 Å². The van der Waals surface area contributed by atoms with Crippen molar-refractivity contribution in [2.75, 3.05) is 25.0 Å². The molecule has 0 spiro atoms. The fourth-order valence-electron chi connectivity index (χ4n) is 5.09. The Morgan fingerprint density at radius 1 is 0.632 bits per heavy atom. The molecule has 0 unspecified atom stereocenters. The number of nitrogens with one attached hydrogen (secondary N) is 1. The summed E-state index contributed by atoms with van der Waals surface area (Å²) in [6.07, 6.45) is 0. The fourth-order valence-corrected chi connectivity index (χ4v) is 5.09. The van der Waals surface area contributed by atoms with Crippen molar-refractivity contribution in [1.29, 1.82) is 0 Å². The number of hydrogen-bond donors (Lipinski definition) is 2. The second kappa shape index (κ2) is 10.3. The molecule has 0 fully saturated rings. The molecule has 0 radical (unpaired) electrons. The van der Waals surface area contributed by atoms with Crippen molar-refractivity contribution in [3.63, 3.8) is 0 Å². The van der Waals surface area contributed by atoms with Crippen molar-refractivity contribution >= 4 is 38.6 Å². The molecule has 38 heavy (non-hydrogen) atoms. The van der Waals surface area contributed by atoms with E-state index in [0.29, 0.717) is 11.4 Å². The summed E-state index contributed by atoms with van der Waals surface area (Å²) in [5.41, 5.74) is 13.0. The summed E-state index contributed by atoms with van der Waals surface area (Å²) in [5.74, 6) is 0.710. The van der Waals surface area contributed by atoms with Crippen LogP contribution < -0.4 is 15.8 Å². The highest BCUT2D eigenvalue weighted by Crippen LogP contribution is 2.49. The number of benzene rings is 6. The highest BCUT2D eigenvalue weighted by atomic mass is 16.7. The molecule has 4 nitrogen and oxygen atoms in total. The standard InChI is InChI=1S/C34H28N2O2/c1-37-22-38-34-31(36-30-18-10-9-17-29(30)35)21-25-14-6-8-16-27(25)33(34)32-26-15-7-5-13-24(26)19-20-28(32)23-11-3-2-4-12-23/h2-21,36H,22,35H2,1H3. The van der Waals surface area contributed by atoms with Crippen LogP contribution >= 0.6 is 0 Å². The van der Waals surface area contributed by atoms with Crippen LogP contribution in [0.2, 0.25) is 0 Å². The molecule has 0 saturated carbocycles. The fraction of sp³-hybridized carbons (Fsp3) is 0.0588. The Morgan fingerprint density at radius 2 is 1.29 bits per heavy atom. The first-order chi connectivity index (χ1) is 18.7. The van der Waals surface area contributed by atoms with Gasteiger partial charge in [-0.15, -0.1) is 0 Å². The van der Waals surface area contributed by atoms with Gasteiger partial charge in [0.2, 0.25) is 0 Å². The minimum Gasteiger partial charge on any atom is -0.465 e. The molecule has 0 heterocycles. The smallest absolute Gasteiger partial charge is 0.188 e. The van der Waals surface area contributed by atoms with Gasteiger partial charge in [0.1, 0.15) is 0 Å². The van der Waals surface area contributed by atoms with Crippen molar-refractivity contribution in [3.8, 4) is 28.0 Å². The third-order valence-electron chi connectivity index (χ3n) is 6.82. The van der Waals surface area contributed by atoms with Gasteiger partial charge in [0.25, 0.3) is 0 Å². The van der Waals surface area contributed by atoms with Crippen molar-refractivity contribution in [2.24, 2.45) is 0 Å². The van der Waals surface area contributed by atoms with E-state index in [1.54, 1.807) is 7.11 Å². The lowest BCUT2D eigenvalue weighted by atomic mass is 9.86. The molecule has 0 aliphatic carbocycles. The Kier molecular flexibility index (Phi) is 6.39. The number of rotatable bonds is 7. The van der Waals surface area contributed by atoms with Crippen LogP contribution in [0.5, 0.6) is 5.75 Å². The van der Waals surface area contributed by atoms with Gasteiger partial charge >= 0.3 is 0 Å². The maximum Gasteiger partial charge on any atom is 0.188 e. The first-order valence-electron chi connectivity index (χ1n) is 12.6. The maximum atomic E-state index is 6.41. The molecule has 0 aromatic heterocycles. The molecule has 0 atom stereocenters. The summed E-state index contributed by atoms with van der Waals surface area (Å²) >= 11 is 0. The predicted octanol–water partition coefficient (Wildman–Crippen LogP) is 8.64. The van der Waals surface area contributed by atoms with Crippen LogP contribution in [0.4, 0.5) is 17.1 Å². The Hall–Kier alpha value is -4.80. The minimum atomic E-state index is 0.107. The Balaban J connectivity index is 1.74. The van der Waals surface area contributed by atoms with Crippen LogP contribution in [0.3, 0.4) is 0 Å². The maximum absolute atomic E-state index is 6.41. The first kappa shape index (κ1) is 23.6. The molecule has 0 aliphatic heterocycles. The van der Waals surface area contributed by atoms with E-state index in [1.165, 1.54) is 0 Å². The van der Waals surface area contributed by atoms with Crippen LogP contribution in [0.1, 0.15) is 0 Å². The zero-order chi connectivity index (χ0) is 25.9. The molecule has 6 aromatic rings. The van der Waals surface area contributed by atoms with Crippen LogP contribution in [0.25, 0.3) is 43.8 Å². The van der Waals surface area contributed by atoms with Gasteiger partial charge in [-0.05, 0) is 50.9 Å². The molecule has 6 aromatic carbocycles.